The van der Waals surface area contributed by atoms with Gasteiger partial charge in [0.05, 0.1) is 6.54 Å². The molecule has 0 spiro atoms. The molecule has 0 fully saturated rings. The summed E-state index contributed by atoms with van der Waals surface area (Å²) in [6, 6.07) is 16.8. The molecule has 23 heavy (non-hydrogen) atoms. The van der Waals surface area contributed by atoms with E-state index >= 15 is 0 Å². The fourth-order valence-electron chi connectivity index (χ4n) is 2.37. The third-order valence-corrected chi connectivity index (χ3v) is 3.51. The molecule has 0 saturated carbocycles. The van der Waals surface area contributed by atoms with Crippen LogP contribution in [0.1, 0.15) is 6.92 Å². The van der Waals surface area contributed by atoms with Crippen molar-refractivity contribution in [1.82, 2.24) is 5.32 Å². The smallest absolute Gasteiger partial charge is 0.265 e. The van der Waals surface area contributed by atoms with Gasteiger partial charge in [-0.2, -0.15) is 0 Å². The van der Waals surface area contributed by atoms with Crippen LogP contribution in [0.5, 0.6) is 17.2 Å². The molecule has 1 heterocycles. The first-order valence-corrected chi connectivity index (χ1v) is 7.62. The van der Waals surface area contributed by atoms with Crippen LogP contribution in [0, 0.1) is 0 Å². The SMILES string of the molecule is CC1Oc2ccccc2OC1C(=O)NCCOc1ccccc1. The van der Waals surface area contributed by atoms with Gasteiger partial charge in [-0.15, -0.1) is 0 Å². The van der Waals surface area contributed by atoms with Gasteiger partial charge in [-0.3, -0.25) is 4.79 Å². The molecule has 120 valence electrons. The van der Waals surface area contributed by atoms with E-state index in [2.05, 4.69) is 5.32 Å². The number of carbonyl (C=O) groups is 1. The molecule has 0 aliphatic carbocycles. The Morgan fingerprint density at radius 2 is 1.70 bits per heavy atom. The minimum absolute atomic E-state index is 0.205. The molecule has 3 rings (SSSR count). The number of hydrogen-bond donors (Lipinski definition) is 1. The Hall–Kier alpha value is -2.69. The van der Waals surface area contributed by atoms with E-state index in [1.165, 1.54) is 0 Å². The second kappa shape index (κ2) is 7.05. The van der Waals surface area contributed by atoms with Gasteiger partial charge in [0, 0.05) is 0 Å². The highest BCUT2D eigenvalue weighted by molar-refractivity contribution is 5.82. The van der Waals surface area contributed by atoms with Crippen molar-refractivity contribution in [2.45, 2.75) is 19.1 Å². The number of nitrogens with one attached hydrogen (secondary N) is 1. The van der Waals surface area contributed by atoms with E-state index in [4.69, 9.17) is 14.2 Å². The summed E-state index contributed by atoms with van der Waals surface area (Å²) < 4.78 is 17.0. The Balaban J connectivity index is 1.49. The molecule has 1 aliphatic rings. The zero-order valence-electron chi connectivity index (χ0n) is 12.9. The predicted molar refractivity (Wildman–Crippen MR) is 85.9 cm³/mol. The summed E-state index contributed by atoms with van der Waals surface area (Å²) in [6.45, 7) is 2.62. The van der Waals surface area contributed by atoms with Gasteiger partial charge in [0.15, 0.2) is 11.5 Å². The van der Waals surface area contributed by atoms with Crippen LogP contribution in [0.3, 0.4) is 0 Å². The number of benzene rings is 2. The van der Waals surface area contributed by atoms with Crippen LogP contribution in [-0.2, 0) is 4.79 Å². The highest BCUT2D eigenvalue weighted by Crippen LogP contribution is 2.33. The van der Waals surface area contributed by atoms with Gasteiger partial charge in [0.2, 0.25) is 6.10 Å². The lowest BCUT2D eigenvalue weighted by Crippen LogP contribution is -2.49. The maximum absolute atomic E-state index is 12.3. The van der Waals surface area contributed by atoms with Crippen molar-refractivity contribution in [3.63, 3.8) is 0 Å². The van der Waals surface area contributed by atoms with E-state index in [0.717, 1.165) is 5.75 Å². The normalized spacial score (nSPS) is 19.0. The molecule has 0 radical (unpaired) electrons. The van der Waals surface area contributed by atoms with Crippen molar-refractivity contribution in [1.29, 1.82) is 0 Å². The number of rotatable bonds is 5. The first-order chi connectivity index (χ1) is 11.2. The number of hydrogen-bond acceptors (Lipinski definition) is 4. The number of carbonyl (C=O) groups excluding carboxylic acids is 1. The lowest BCUT2D eigenvalue weighted by Gasteiger charge is -2.31. The summed E-state index contributed by atoms with van der Waals surface area (Å²) >= 11 is 0. The second-order valence-corrected chi connectivity index (χ2v) is 5.26. The standard InChI is InChI=1S/C18H19NO4/c1-13-17(23-16-10-6-5-9-15(16)22-13)18(20)19-11-12-21-14-7-3-2-4-8-14/h2-10,13,17H,11-12H2,1H3,(H,19,20). The van der Waals surface area contributed by atoms with Crippen molar-refractivity contribution < 1.29 is 19.0 Å². The summed E-state index contributed by atoms with van der Waals surface area (Å²) in [7, 11) is 0. The molecule has 0 aromatic heterocycles. The average molecular weight is 313 g/mol. The molecule has 5 heteroatoms. The third-order valence-electron chi connectivity index (χ3n) is 3.51. The van der Waals surface area contributed by atoms with Crippen molar-refractivity contribution >= 4 is 5.91 Å². The molecule has 5 nitrogen and oxygen atoms in total. The van der Waals surface area contributed by atoms with Crippen LogP contribution in [-0.4, -0.2) is 31.3 Å². The van der Waals surface area contributed by atoms with Crippen LogP contribution < -0.4 is 19.5 Å². The van der Waals surface area contributed by atoms with Crippen LogP contribution in [0.4, 0.5) is 0 Å². The van der Waals surface area contributed by atoms with Crippen LogP contribution in [0.25, 0.3) is 0 Å². The quantitative estimate of drug-likeness (QED) is 0.861. The fraction of sp³-hybridized carbons (Fsp3) is 0.278. The summed E-state index contributed by atoms with van der Waals surface area (Å²) in [5, 5.41) is 2.81. The van der Waals surface area contributed by atoms with Crippen molar-refractivity contribution in [3.8, 4) is 17.2 Å². The van der Waals surface area contributed by atoms with E-state index in [0.29, 0.717) is 24.7 Å². The summed E-state index contributed by atoms with van der Waals surface area (Å²) in [5.74, 6) is 1.83. The maximum Gasteiger partial charge on any atom is 0.265 e. The van der Waals surface area contributed by atoms with Gasteiger partial charge in [-0.1, -0.05) is 30.3 Å². The third kappa shape index (κ3) is 3.74. The maximum atomic E-state index is 12.3. The van der Waals surface area contributed by atoms with Crippen molar-refractivity contribution in [3.05, 3.63) is 54.6 Å². The molecule has 0 bridgehead atoms. The zero-order chi connectivity index (χ0) is 16.1. The van der Waals surface area contributed by atoms with Crippen LogP contribution in [0.2, 0.25) is 0 Å². The van der Waals surface area contributed by atoms with Crippen molar-refractivity contribution in [2.24, 2.45) is 0 Å². The Labute approximate surface area is 135 Å². The van der Waals surface area contributed by atoms with Crippen LogP contribution in [0.15, 0.2) is 54.6 Å². The molecular formula is C18H19NO4. The lowest BCUT2D eigenvalue weighted by molar-refractivity contribution is -0.133. The number of para-hydroxylation sites is 3. The van der Waals surface area contributed by atoms with Crippen molar-refractivity contribution in [2.75, 3.05) is 13.2 Å². The van der Waals surface area contributed by atoms with E-state index in [-0.39, 0.29) is 12.0 Å². The Morgan fingerprint density at radius 3 is 2.43 bits per heavy atom. The predicted octanol–water partition coefficient (Wildman–Crippen LogP) is 2.41. The molecule has 1 aliphatic heterocycles. The average Bonchev–Trinajstić information content (AvgIpc) is 2.59. The molecule has 2 aromatic rings. The first-order valence-electron chi connectivity index (χ1n) is 7.62. The van der Waals surface area contributed by atoms with Gasteiger partial charge in [-0.05, 0) is 31.2 Å². The molecule has 1 N–H and O–H groups in total. The first kappa shape index (κ1) is 15.2. The Morgan fingerprint density at radius 1 is 1.04 bits per heavy atom. The molecule has 2 atom stereocenters. The second-order valence-electron chi connectivity index (χ2n) is 5.26. The van der Waals surface area contributed by atoms with E-state index in [1.54, 1.807) is 6.07 Å². The van der Waals surface area contributed by atoms with Gasteiger partial charge >= 0.3 is 0 Å². The number of amides is 1. The summed E-state index contributed by atoms with van der Waals surface area (Å²) in [4.78, 5) is 12.3. The van der Waals surface area contributed by atoms with E-state index < -0.39 is 6.10 Å². The minimum Gasteiger partial charge on any atom is -0.492 e. The molecule has 2 aromatic carbocycles. The van der Waals surface area contributed by atoms with E-state index in [1.807, 2.05) is 55.5 Å². The summed E-state index contributed by atoms with van der Waals surface area (Å²) in [5.41, 5.74) is 0. The monoisotopic (exact) mass is 313 g/mol. The number of fused-ring (bicyclic) bond motifs is 1. The molecule has 0 saturated heterocycles. The molecule has 1 amide bonds. The van der Waals surface area contributed by atoms with Gasteiger partial charge in [0.1, 0.15) is 18.5 Å². The van der Waals surface area contributed by atoms with E-state index in [9.17, 15) is 4.79 Å². The van der Waals surface area contributed by atoms with Gasteiger partial charge in [0.25, 0.3) is 5.91 Å². The number of ether oxygens (including phenoxy) is 3. The highest BCUT2D eigenvalue weighted by atomic mass is 16.6. The Kier molecular flexibility index (Phi) is 4.66. The van der Waals surface area contributed by atoms with Gasteiger partial charge in [-0.25, -0.2) is 0 Å². The lowest BCUT2D eigenvalue weighted by atomic mass is 10.1. The molecular weight excluding hydrogens is 294 g/mol. The highest BCUT2D eigenvalue weighted by Gasteiger charge is 2.33. The fourth-order valence-corrected chi connectivity index (χ4v) is 2.37. The minimum atomic E-state index is -0.665. The molecule has 2 unspecified atom stereocenters. The van der Waals surface area contributed by atoms with Crippen LogP contribution >= 0.6 is 0 Å². The topological polar surface area (TPSA) is 56.8 Å². The Bertz CT molecular complexity index is 659. The van der Waals surface area contributed by atoms with Gasteiger partial charge < -0.3 is 19.5 Å². The zero-order valence-corrected chi connectivity index (χ0v) is 12.9. The summed E-state index contributed by atoms with van der Waals surface area (Å²) in [6.07, 6.45) is -1.01. The largest absolute Gasteiger partial charge is 0.492 e.